The molecule has 2 aromatic rings. The second-order valence-electron chi connectivity index (χ2n) is 26.0. The number of likely N-dealkylation sites (tertiary alicyclic amines) is 1. The highest BCUT2D eigenvalue weighted by atomic mass is 16.6. The Hall–Kier alpha value is -7.34. The van der Waals surface area contributed by atoms with Gasteiger partial charge in [0.2, 0.25) is 41.4 Å². The van der Waals surface area contributed by atoms with Crippen molar-refractivity contribution in [2.75, 3.05) is 99.6 Å². The Balaban J connectivity index is 1.63. The Bertz CT molecular complexity index is 2770. The summed E-state index contributed by atoms with van der Waals surface area (Å²) in [4.78, 5) is 128. The van der Waals surface area contributed by atoms with Crippen LogP contribution >= 0.6 is 0 Å². The molecule has 98 heavy (non-hydrogen) atoms. The van der Waals surface area contributed by atoms with Crippen LogP contribution in [0.2, 0.25) is 0 Å². The molecule has 0 spiro atoms. The topological polar surface area (TPSA) is 370 Å². The number of ether oxygens (including phenoxy) is 7. The Morgan fingerprint density at radius 1 is 0.704 bits per heavy atom. The van der Waals surface area contributed by atoms with Crippen molar-refractivity contribution in [3.05, 3.63) is 65.7 Å². The molecule has 10 N–H and O–H groups in total. The minimum Gasteiger partial charge on any atom is -0.445 e. The van der Waals surface area contributed by atoms with E-state index in [1.807, 2.05) is 32.0 Å². The number of carbonyl (C=O) groups is 9. The van der Waals surface area contributed by atoms with E-state index >= 15 is 0 Å². The van der Waals surface area contributed by atoms with Gasteiger partial charge in [0.1, 0.15) is 30.8 Å². The lowest BCUT2D eigenvalue weighted by atomic mass is 9.89. The molecule has 0 bridgehead atoms. The lowest BCUT2D eigenvalue weighted by molar-refractivity contribution is -0.148. The zero-order valence-corrected chi connectivity index (χ0v) is 60.3. The standard InChI is InChI=1S/C70H115N11O17/c1-15-47(8)61(55(92-13)42-57(83)81-33-20-25-54(81)63(93-14)48(9)64(85)74-49(10)62(84)51-22-17-16-18-23-51)79(11)68(89)59(45(4)5)78-67(88)60(46(6)7)80(12)70(91)98-43-50-26-28-52(29-27-50)75-65(86)53(24-19-32-73-69(72)90)76-66(87)58(44(2)3)77-56(82)30-35-95-37-39-97-41-40-96-38-36-94-34-21-31-71/h16-18,22-23,26-29,31,44-49,53-55,58-63,71,84H,15,19-21,24-25,30,32-43H2,1-14H3,(H,74,85)(H,75,86)(H,76,87)(H,77,82)(H,78,88)(H3,72,73,90)/t47?,48-,49-,53?,54+,55-,58+,59+,60+,61+,62-,63-/m1/s1. The van der Waals surface area contributed by atoms with Crippen LogP contribution < -0.4 is 37.6 Å². The van der Waals surface area contributed by atoms with Gasteiger partial charge >= 0.3 is 12.1 Å². The van der Waals surface area contributed by atoms with Crippen molar-refractivity contribution in [3.8, 4) is 0 Å². The summed E-state index contributed by atoms with van der Waals surface area (Å²) in [5, 5.41) is 34.6. The number of amides is 10. The predicted molar refractivity (Wildman–Crippen MR) is 370 cm³/mol. The summed E-state index contributed by atoms with van der Waals surface area (Å²) in [5.74, 6) is -5.30. The summed E-state index contributed by atoms with van der Waals surface area (Å²) in [6.45, 7) is 21.0. The Kier molecular flexibility index (Phi) is 39.3. The average Bonchev–Trinajstić information content (AvgIpc) is 1.62. The van der Waals surface area contributed by atoms with E-state index in [1.54, 1.807) is 109 Å². The number of aliphatic hydroxyl groups is 1. The lowest BCUT2D eigenvalue weighted by Gasteiger charge is -2.41. The van der Waals surface area contributed by atoms with Gasteiger partial charge in [-0.25, -0.2) is 9.59 Å². The third-order valence-electron chi connectivity index (χ3n) is 17.5. The number of likely N-dealkylation sites (N-methyl/N-ethyl adjacent to an activating group) is 2. The van der Waals surface area contributed by atoms with Crippen molar-refractivity contribution >= 4 is 65.4 Å². The fourth-order valence-corrected chi connectivity index (χ4v) is 11.7. The number of carbonyl (C=O) groups excluding carboxylic acids is 9. The number of benzene rings is 2. The number of hydrogen-bond acceptors (Lipinski definition) is 18. The molecule has 10 amide bonds. The van der Waals surface area contributed by atoms with Gasteiger partial charge < -0.3 is 91.1 Å². The third-order valence-corrected chi connectivity index (χ3v) is 17.5. The summed E-state index contributed by atoms with van der Waals surface area (Å²) in [6, 6.07) is 8.78. The Morgan fingerprint density at radius 3 is 1.86 bits per heavy atom. The van der Waals surface area contributed by atoms with Crippen molar-refractivity contribution in [1.29, 1.82) is 5.41 Å². The third kappa shape index (κ3) is 28.5. The van der Waals surface area contributed by atoms with Crippen molar-refractivity contribution in [3.63, 3.8) is 0 Å². The molecule has 3 rings (SSSR count). The maximum absolute atomic E-state index is 14.8. The number of methoxy groups -OCH3 is 2. The molecule has 552 valence electrons. The van der Waals surface area contributed by atoms with Gasteiger partial charge in [-0.15, -0.1) is 0 Å². The maximum Gasteiger partial charge on any atom is 0.410 e. The van der Waals surface area contributed by atoms with Crippen LogP contribution in [0.15, 0.2) is 54.6 Å². The zero-order valence-electron chi connectivity index (χ0n) is 60.3. The van der Waals surface area contributed by atoms with Gasteiger partial charge in [-0.1, -0.05) is 111 Å². The summed E-state index contributed by atoms with van der Waals surface area (Å²) in [6.07, 6.45) is 0.751. The molecular formula is C70H115N11O17. The first-order chi connectivity index (χ1) is 46.6. The first kappa shape index (κ1) is 84.9. The van der Waals surface area contributed by atoms with E-state index in [0.29, 0.717) is 82.1 Å². The number of primary amides is 1. The molecule has 12 atom stereocenters. The second-order valence-corrected chi connectivity index (χ2v) is 26.0. The first-order valence-electron chi connectivity index (χ1n) is 34.3. The molecule has 1 saturated heterocycles. The molecule has 0 aromatic heterocycles. The minimum atomic E-state index is -1.11. The van der Waals surface area contributed by atoms with Gasteiger partial charge in [-0.05, 0) is 85.8 Å². The van der Waals surface area contributed by atoms with Crippen LogP contribution in [0.1, 0.15) is 138 Å². The molecule has 1 fully saturated rings. The number of nitrogens with zero attached hydrogens (tertiary/aromatic N) is 3. The van der Waals surface area contributed by atoms with Gasteiger partial charge in [0, 0.05) is 59.9 Å². The highest BCUT2D eigenvalue weighted by Gasteiger charge is 2.44. The van der Waals surface area contributed by atoms with Crippen molar-refractivity contribution in [2.24, 2.45) is 35.3 Å². The molecule has 2 aromatic carbocycles. The average molecular weight is 1380 g/mol. The van der Waals surface area contributed by atoms with Crippen molar-refractivity contribution < 1.29 is 81.4 Å². The monoisotopic (exact) mass is 1380 g/mol. The van der Waals surface area contributed by atoms with E-state index in [-0.39, 0.29) is 82.3 Å². The SMILES string of the molecule is CCC(C)[C@@H]([C@@H](CC(=O)N1CCC[C@H]1[C@H](OC)[C@@H](C)C(=O)N[C@H](C)[C@@H](O)c1ccccc1)OC)N(C)C(=O)[C@@H](NC(=O)[C@H](C(C)C)N(C)C(=O)OCc1ccc(NC(=O)C(CCCNC(N)=O)NC(=O)[C@@H](NC(=O)CCOCCOCCOCCOCCC=N)C(C)C)cc1)C(C)C. The van der Waals surface area contributed by atoms with Crippen LogP contribution in [-0.2, 0) is 73.3 Å². The van der Waals surface area contributed by atoms with Crippen molar-refractivity contribution in [1.82, 2.24) is 41.3 Å². The minimum absolute atomic E-state index is 0.0382. The maximum atomic E-state index is 14.8. The van der Waals surface area contributed by atoms with E-state index in [9.17, 15) is 48.3 Å². The van der Waals surface area contributed by atoms with Crippen LogP contribution in [0.3, 0.4) is 0 Å². The molecule has 0 aliphatic carbocycles. The van der Waals surface area contributed by atoms with Gasteiger partial charge in [-0.3, -0.25) is 38.5 Å². The fourth-order valence-electron chi connectivity index (χ4n) is 11.7. The van der Waals surface area contributed by atoms with Gasteiger partial charge in [0.25, 0.3) is 0 Å². The molecule has 1 aliphatic heterocycles. The first-order valence-corrected chi connectivity index (χ1v) is 34.3. The van der Waals surface area contributed by atoms with E-state index in [4.69, 9.17) is 44.3 Å². The molecule has 2 unspecified atom stereocenters. The number of anilines is 1. The Morgan fingerprint density at radius 2 is 1.31 bits per heavy atom. The normalized spacial score (nSPS) is 16.4. The fraction of sp³-hybridized carbons (Fsp3) is 0.686. The van der Waals surface area contributed by atoms with Crippen LogP contribution in [-0.4, -0.2) is 228 Å². The molecule has 1 heterocycles. The number of nitrogens with one attached hydrogen (secondary N) is 7. The molecule has 28 nitrogen and oxygen atoms in total. The zero-order chi connectivity index (χ0) is 73.0. The van der Waals surface area contributed by atoms with Gasteiger partial charge in [0.05, 0.1) is 102 Å². The molecule has 0 radical (unpaired) electrons. The molecule has 0 saturated carbocycles. The van der Waals surface area contributed by atoms with E-state index < -0.39 is 120 Å². The van der Waals surface area contributed by atoms with Crippen LogP contribution in [0.4, 0.5) is 15.3 Å². The van der Waals surface area contributed by atoms with Crippen LogP contribution in [0.25, 0.3) is 0 Å². The van der Waals surface area contributed by atoms with E-state index in [0.717, 1.165) is 0 Å². The number of aliphatic hydroxyl groups excluding tert-OH is 1. The highest BCUT2D eigenvalue weighted by Crippen LogP contribution is 2.31. The van der Waals surface area contributed by atoms with Gasteiger partial charge in [-0.2, -0.15) is 0 Å². The quantitative estimate of drug-likeness (QED) is 0.0308. The largest absolute Gasteiger partial charge is 0.445 e. The summed E-state index contributed by atoms with van der Waals surface area (Å²) < 4.78 is 39.5. The lowest BCUT2D eigenvalue weighted by Crippen LogP contribution is -2.60. The van der Waals surface area contributed by atoms with Crippen LogP contribution in [0, 0.1) is 35.0 Å². The smallest absolute Gasteiger partial charge is 0.410 e. The molecular weight excluding hydrogens is 1270 g/mol. The van der Waals surface area contributed by atoms with Crippen molar-refractivity contribution in [2.45, 2.75) is 188 Å². The highest BCUT2D eigenvalue weighted by molar-refractivity contribution is 5.98. The van der Waals surface area contributed by atoms with E-state index in [2.05, 4.69) is 31.9 Å². The number of urea groups is 1. The van der Waals surface area contributed by atoms with Gasteiger partial charge in [0.15, 0.2) is 0 Å². The second kappa shape index (κ2) is 45.4. The summed E-state index contributed by atoms with van der Waals surface area (Å²) in [5.41, 5.74) is 6.79. The number of nitrogens with two attached hydrogens (primary N) is 1. The predicted octanol–water partition coefficient (Wildman–Crippen LogP) is 5.09. The number of rotatable bonds is 47. The van der Waals surface area contributed by atoms with E-state index in [1.165, 1.54) is 32.4 Å². The summed E-state index contributed by atoms with van der Waals surface area (Å²) in [7, 11) is 6.09. The molecule has 28 heteroatoms. The summed E-state index contributed by atoms with van der Waals surface area (Å²) >= 11 is 0. The van der Waals surface area contributed by atoms with Crippen LogP contribution in [0.5, 0.6) is 0 Å². The Labute approximate surface area is 579 Å². The number of hydrogen-bond donors (Lipinski definition) is 9. The molecule has 1 aliphatic rings.